The first-order valence-corrected chi connectivity index (χ1v) is 11.4. The maximum Gasteiger partial charge on any atom is 0.258 e. The number of fused-ring (bicyclic) bond motifs is 1. The number of carbonyl (C=O) groups excluding carboxylic acids is 1. The fourth-order valence-electron chi connectivity index (χ4n) is 4.25. The fourth-order valence-corrected chi connectivity index (χ4v) is 4.38. The Morgan fingerprint density at radius 3 is 2.48 bits per heavy atom. The van der Waals surface area contributed by atoms with E-state index in [1.807, 2.05) is 36.5 Å². The van der Waals surface area contributed by atoms with Crippen LogP contribution in [-0.2, 0) is 6.54 Å². The van der Waals surface area contributed by atoms with Crippen molar-refractivity contribution in [3.05, 3.63) is 94.9 Å². The zero-order valence-corrected chi connectivity index (χ0v) is 18.8. The minimum Gasteiger partial charge on any atom is -0.322 e. The van der Waals surface area contributed by atoms with Crippen LogP contribution in [0.4, 0.5) is 10.1 Å². The van der Waals surface area contributed by atoms with Gasteiger partial charge in [-0.15, -0.1) is 0 Å². The summed E-state index contributed by atoms with van der Waals surface area (Å²) < 4.78 is 14.7. The van der Waals surface area contributed by atoms with E-state index >= 15 is 0 Å². The molecule has 3 aromatic carbocycles. The largest absolute Gasteiger partial charge is 0.322 e. The first-order chi connectivity index (χ1) is 16.0. The molecule has 0 atom stereocenters. The molecular weight excluding hydrogens is 437 g/mol. The van der Waals surface area contributed by atoms with Crippen molar-refractivity contribution < 1.29 is 9.18 Å². The minimum atomic E-state index is -0.578. The molecule has 0 radical (unpaired) electrons. The number of hydrogen-bond donors (Lipinski definition) is 1. The third-order valence-electron chi connectivity index (χ3n) is 5.99. The lowest BCUT2D eigenvalue weighted by atomic mass is 10.0. The van der Waals surface area contributed by atoms with E-state index in [1.165, 1.54) is 30.5 Å². The molecule has 4 aromatic rings. The maximum absolute atomic E-state index is 14.7. The average molecular weight is 460 g/mol. The lowest BCUT2D eigenvalue weighted by molar-refractivity contribution is 0.102. The summed E-state index contributed by atoms with van der Waals surface area (Å²) in [5, 5.41) is 4.42. The SMILES string of the molecule is O=C(Nc1ccc2cc(CN3CCCC3)cnc2c1)c1ccc(-c2ccc(Cl)cc2)cc1F. The maximum atomic E-state index is 14.7. The van der Waals surface area contributed by atoms with Gasteiger partial charge in [0.05, 0.1) is 11.1 Å². The zero-order valence-electron chi connectivity index (χ0n) is 18.0. The van der Waals surface area contributed by atoms with Gasteiger partial charge in [-0.25, -0.2) is 4.39 Å². The van der Waals surface area contributed by atoms with Gasteiger partial charge >= 0.3 is 0 Å². The normalized spacial score (nSPS) is 14.0. The predicted molar refractivity (Wildman–Crippen MR) is 131 cm³/mol. The number of nitrogens with one attached hydrogen (secondary N) is 1. The van der Waals surface area contributed by atoms with Gasteiger partial charge in [0, 0.05) is 28.8 Å². The van der Waals surface area contributed by atoms with Gasteiger partial charge in [0.2, 0.25) is 0 Å². The number of nitrogens with zero attached hydrogens (tertiary/aromatic N) is 2. The van der Waals surface area contributed by atoms with Crippen LogP contribution in [0.1, 0.15) is 28.8 Å². The number of pyridine rings is 1. The van der Waals surface area contributed by atoms with E-state index in [9.17, 15) is 9.18 Å². The highest BCUT2D eigenvalue weighted by molar-refractivity contribution is 6.30. The van der Waals surface area contributed by atoms with Crippen LogP contribution in [0.2, 0.25) is 5.02 Å². The van der Waals surface area contributed by atoms with Gasteiger partial charge in [0.1, 0.15) is 5.82 Å². The summed E-state index contributed by atoms with van der Waals surface area (Å²) in [6, 6.07) is 19.4. The molecule has 0 saturated carbocycles. The molecule has 6 heteroatoms. The number of carbonyl (C=O) groups is 1. The van der Waals surface area contributed by atoms with Gasteiger partial charge in [-0.3, -0.25) is 14.7 Å². The van der Waals surface area contributed by atoms with E-state index in [0.717, 1.165) is 36.1 Å². The van der Waals surface area contributed by atoms with Gasteiger partial charge in [-0.05, 0) is 85.1 Å². The Balaban J connectivity index is 1.31. The molecule has 1 fully saturated rings. The standard InChI is InChI=1S/C27H23ClFN3O/c28-22-7-3-19(4-8-22)20-6-10-24(25(29)14-20)27(33)31-23-9-5-21-13-18(16-30-26(21)15-23)17-32-11-1-2-12-32/h3-10,13-16H,1-2,11-12,17H2,(H,31,33). The Morgan fingerprint density at radius 2 is 1.73 bits per heavy atom. The van der Waals surface area contributed by atoms with Crippen LogP contribution >= 0.6 is 11.6 Å². The molecule has 1 saturated heterocycles. The second kappa shape index (κ2) is 9.30. The third kappa shape index (κ3) is 4.90. The first kappa shape index (κ1) is 21.6. The molecule has 1 aliphatic rings. The van der Waals surface area contributed by atoms with Crippen molar-refractivity contribution in [2.75, 3.05) is 18.4 Å². The number of rotatable bonds is 5. The molecule has 1 aromatic heterocycles. The van der Waals surface area contributed by atoms with E-state index in [4.69, 9.17) is 11.6 Å². The Hall–Kier alpha value is -3.28. The molecule has 2 heterocycles. The van der Waals surface area contributed by atoms with Crippen LogP contribution in [0.15, 0.2) is 72.9 Å². The number of anilines is 1. The van der Waals surface area contributed by atoms with E-state index < -0.39 is 11.7 Å². The third-order valence-corrected chi connectivity index (χ3v) is 6.25. The molecule has 1 aliphatic heterocycles. The Bertz CT molecular complexity index is 1320. The topological polar surface area (TPSA) is 45.2 Å². The van der Waals surface area contributed by atoms with E-state index in [1.54, 1.807) is 18.2 Å². The molecule has 0 bridgehead atoms. The van der Waals surface area contributed by atoms with Crippen LogP contribution in [0.5, 0.6) is 0 Å². The van der Waals surface area contributed by atoms with E-state index in [2.05, 4.69) is 21.3 Å². The second-order valence-electron chi connectivity index (χ2n) is 8.39. The highest BCUT2D eigenvalue weighted by Gasteiger charge is 2.15. The molecule has 166 valence electrons. The molecule has 0 aliphatic carbocycles. The Kier molecular flexibility index (Phi) is 6.07. The van der Waals surface area contributed by atoms with Gasteiger partial charge in [-0.2, -0.15) is 0 Å². The summed E-state index contributed by atoms with van der Waals surface area (Å²) in [4.78, 5) is 19.7. The first-order valence-electron chi connectivity index (χ1n) is 11.0. The van der Waals surface area contributed by atoms with Crippen molar-refractivity contribution in [2.24, 2.45) is 0 Å². The van der Waals surface area contributed by atoms with Crippen LogP contribution in [0.25, 0.3) is 22.0 Å². The molecule has 1 N–H and O–H groups in total. The molecule has 0 spiro atoms. The monoisotopic (exact) mass is 459 g/mol. The summed E-state index contributed by atoms with van der Waals surface area (Å²) in [5.41, 5.74) is 4.05. The molecule has 5 rings (SSSR count). The minimum absolute atomic E-state index is 0.0123. The lowest BCUT2D eigenvalue weighted by Gasteiger charge is -2.14. The highest BCUT2D eigenvalue weighted by Crippen LogP contribution is 2.25. The van der Waals surface area contributed by atoms with Crippen molar-refractivity contribution in [1.82, 2.24) is 9.88 Å². The molecule has 1 amide bonds. The number of benzene rings is 3. The number of likely N-dealkylation sites (tertiary alicyclic amines) is 1. The van der Waals surface area contributed by atoms with Crippen molar-refractivity contribution in [1.29, 1.82) is 0 Å². The van der Waals surface area contributed by atoms with Crippen molar-refractivity contribution in [3.8, 4) is 11.1 Å². The van der Waals surface area contributed by atoms with Crippen molar-refractivity contribution in [3.63, 3.8) is 0 Å². The summed E-state index contributed by atoms with van der Waals surface area (Å²) in [6.07, 6.45) is 4.41. The second-order valence-corrected chi connectivity index (χ2v) is 8.83. The van der Waals surface area contributed by atoms with Crippen LogP contribution in [-0.4, -0.2) is 28.9 Å². The Morgan fingerprint density at radius 1 is 0.970 bits per heavy atom. The van der Waals surface area contributed by atoms with Crippen molar-refractivity contribution >= 4 is 34.1 Å². The van der Waals surface area contributed by atoms with Gasteiger partial charge < -0.3 is 5.32 Å². The zero-order chi connectivity index (χ0) is 22.8. The summed E-state index contributed by atoms with van der Waals surface area (Å²) in [6.45, 7) is 3.19. The molecule has 33 heavy (non-hydrogen) atoms. The molecule has 4 nitrogen and oxygen atoms in total. The van der Waals surface area contributed by atoms with Gasteiger partial charge in [-0.1, -0.05) is 35.9 Å². The number of halogens is 2. The van der Waals surface area contributed by atoms with E-state index in [0.29, 0.717) is 16.3 Å². The van der Waals surface area contributed by atoms with E-state index in [-0.39, 0.29) is 5.56 Å². The molecular formula is C27H23ClFN3O. The number of aromatic nitrogens is 1. The number of amides is 1. The van der Waals surface area contributed by atoms with Crippen molar-refractivity contribution in [2.45, 2.75) is 19.4 Å². The fraction of sp³-hybridized carbons (Fsp3) is 0.185. The van der Waals surface area contributed by atoms with Gasteiger partial charge in [0.25, 0.3) is 5.91 Å². The Labute approximate surface area is 197 Å². The quantitative estimate of drug-likeness (QED) is 0.368. The highest BCUT2D eigenvalue weighted by atomic mass is 35.5. The predicted octanol–water partition coefficient (Wildman–Crippen LogP) is 6.54. The summed E-state index contributed by atoms with van der Waals surface area (Å²) >= 11 is 5.92. The average Bonchev–Trinajstić information content (AvgIpc) is 3.32. The van der Waals surface area contributed by atoms with Crippen LogP contribution in [0, 0.1) is 5.82 Å². The van der Waals surface area contributed by atoms with Crippen LogP contribution in [0.3, 0.4) is 0 Å². The number of hydrogen-bond acceptors (Lipinski definition) is 3. The smallest absolute Gasteiger partial charge is 0.258 e. The van der Waals surface area contributed by atoms with Gasteiger partial charge in [0.15, 0.2) is 0 Å². The summed E-state index contributed by atoms with van der Waals surface area (Å²) in [7, 11) is 0. The lowest BCUT2D eigenvalue weighted by Crippen LogP contribution is -2.18. The van der Waals surface area contributed by atoms with Crippen LogP contribution < -0.4 is 5.32 Å². The molecule has 0 unspecified atom stereocenters. The summed E-state index contributed by atoms with van der Waals surface area (Å²) in [5.74, 6) is -1.08.